The molecular weight excluding hydrogens is 430 g/mol. The van der Waals surface area contributed by atoms with Crippen molar-refractivity contribution in [2.45, 2.75) is 12.3 Å². The maximum Gasteiger partial charge on any atom is 0.280 e. The van der Waals surface area contributed by atoms with E-state index in [2.05, 4.69) is 4.99 Å². The molecule has 0 bridgehead atoms. The second-order valence-corrected chi connectivity index (χ2v) is 8.78. The van der Waals surface area contributed by atoms with E-state index in [0.717, 1.165) is 22.6 Å². The average molecular weight is 456 g/mol. The van der Waals surface area contributed by atoms with Gasteiger partial charge in [-0.25, -0.2) is 4.99 Å². The third-order valence-corrected chi connectivity index (χ3v) is 5.55. The number of ether oxygens (including phenoxy) is 2. The zero-order valence-corrected chi connectivity index (χ0v) is 19.0. The Morgan fingerprint density at radius 2 is 1.78 bits per heavy atom. The van der Waals surface area contributed by atoms with Crippen LogP contribution in [-0.4, -0.2) is 47.6 Å². The normalized spacial score (nSPS) is 12.7. The van der Waals surface area contributed by atoms with Gasteiger partial charge in [0.1, 0.15) is 11.5 Å². The van der Waals surface area contributed by atoms with Crippen LogP contribution in [0.15, 0.2) is 65.7 Å². The molecule has 1 unspecified atom stereocenters. The Labute approximate surface area is 187 Å². The van der Waals surface area contributed by atoms with Gasteiger partial charge in [-0.1, -0.05) is 42.5 Å². The van der Waals surface area contributed by atoms with Crippen molar-refractivity contribution in [3.63, 3.8) is 0 Å². The Balaban J connectivity index is 1.93. The molecule has 3 rings (SSSR count). The molecule has 0 saturated carbocycles. The predicted molar refractivity (Wildman–Crippen MR) is 124 cm³/mol. The van der Waals surface area contributed by atoms with Crippen LogP contribution < -0.4 is 9.47 Å². The number of benzene rings is 3. The number of aliphatic imine (C=N–C) groups is 1. The van der Waals surface area contributed by atoms with Crippen molar-refractivity contribution >= 4 is 33.0 Å². The molecule has 168 valence electrons. The van der Waals surface area contributed by atoms with Crippen molar-refractivity contribution in [2.24, 2.45) is 4.99 Å². The summed E-state index contributed by atoms with van der Waals surface area (Å²) < 4.78 is 38.2. The van der Waals surface area contributed by atoms with E-state index in [-0.39, 0.29) is 12.5 Å². The fourth-order valence-corrected chi connectivity index (χ4v) is 3.81. The lowest BCUT2D eigenvalue weighted by Gasteiger charge is -2.15. The monoisotopic (exact) mass is 455 g/mol. The number of carbonyl (C=O) groups excluding carboxylic acids is 1. The molecule has 0 radical (unpaired) electrons. The minimum Gasteiger partial charge on any atom is -0.497 e. The highest BCUT2D eigenvalue weighted by atomic mass is 32.2. The second-order valence-electron chi connectivity index (χ2n) is 7.14. The van der Waals surface area contributed by atoms with E-state index in [0.29, 0.717) is 23.5 Å². The number of amides is 1. The third kappa shape index (κ3) is 5.93. The molecule has 3 aromatic carbocycles. The maximum absolute atomic E-state index is 12.8. The summed E-state index contributed by atoms with van der Waals surface area (Å²) in [5.74, 6) is 0.109. The van der Waals surface area contributed by atoms with E-state index < -0.39 is 16.0 Å². The fourth-order valence-electron chi connectivity index (χ4n) is 3.41. The molecule has 7 nitrogen and oxygen atoms in total. The highest BCUT2D eigenvalue weighted by Crippen LogP contribution is 2.28. The first-order chi connectivity index (χ1) is 15.3. The molecular formula is C24H25NO6S. The lowest BCUT2D eigenvalue weighted by atomic mass is 9.92. The molecule has 0 saturated heterocycles. The van der Waals surface area contributed by atoms with Crippen molar-refractivity contribution in [2.75, 3.05) is 27.1 Å². The molecule has 0 spiro atoms. The molecule has 0 aromatic heterocycles. The van der Waals surface area contributed by atoms with Crippen LogP contribution in [0.4, 0.5) is 0 Å². The Hall–Kier alpha value is -3.23. The second kappa shape index (κ2) is 10.4. The van der Waals surface area contributed by atoms with E-state index in [1.165, 1.54) is 14.2 Å². The van der Waals surface area contributed by atoms with E-state index >= 15 is 0 Å². The van der Waals surface area contributed by atoms with Crippen LogP contribution in [-0.2, 0) is 14.3 Å². The minimum atomic E-state index is -3.57. The summed E-state index contributed by atoms with van der Waals surface area (Å²) in [5.41, 5.74) is 1.23. The number of nitrogens with zero attached hydrogens (tertiary/aromatic N) is 1. The molecule has 0 heterocycles. The zero-order chi connectivity index (χ0) is 23.1. The van der Waals surface area contributed by atoms with Gasteiger partial charge in [-0.2, -0.15) is 8.42 Å². The van der Waals surface area contributed by atoms with E-state index in [9.17, 15) is 13.2 Å². The summed E-state index contributed by atoms with van der Waals surface area (Å²) in [6.45, 7) is -0.0290. The predicted octanol–water partition coefficient (Wildman–Crippen LogP) is 4.22. The first-order valence-corrected chi connectivity index (χ1v) is 11.8. The summed E-state index contributed by atoms with van der Waals surface area (Å²) in [6, 6.07) is 18.6. The number of rotatable bonds is 9. The topological polar surface area (TPSA) is 91.3 Å². The quantitative estimate of drug-likeness (QED) is 0.354. The molecule has 0 aliphatic heterocycles. The van der Waals surface area contributed by atoms with Gasteiger partial charge < -0.3 is 9.47 Å². The number of hydrogen-bond donors (Lipinski definition) is 0. The van der Waals surface area contributed by atoms with Gasteiger partial charge in [-0.05, 0) is 34.9 Å². The summed E-state index contributed by atoms with van der Waals surface area (Å²) in [7, 11) is -0.576. The summed E-state index contributed by atoms with van der Waals surface area (Å²) in [5, 5.41) is 2.04. The lowest BCUT2D eigenvalue weighted by molar-refractivity contribution is 0.1000. The smallest absolute Gasteiger partial charge is 0.280 e. The van der Waals surface area contributed by atoms with Crippen LogP contribution in [0.2, 0.25) is 0 Å². The van der Waals surface area contributed by atoms with Crippen LogP contribution in [0, 0.1) is 0 Å². The molecule has 32 heavy (non-hydrogen) atoms. The van der Waals surface area contributed by atoms with Crippen molar-refractivity contribution in [3.8, 4) is 11.5 Å². The molecule has 1 amide bonds. The van der Waals surface area contributed by atoms with Crippen molar-refractivity contribution in [3.05, 3.63) is 71.8 Å². The Morgan fingerprint density at radius 1 is 1.03 bits per heavy atom. The van der Waals surface area contributed by atoms with E-state index in [1.54, 1.807) is 24.4 Å². The highest BCUT2D eigenvalue weighted by molar-refractivity contribution is 7.85. The summed E-state index contributed by atoms with van der Waals surface area (Å²) >= 11 is 0. The van der Waals surface area contributed by atoms with Gasteiger partial charge in [0.25, 0.3) is 16.0 Å². The Morgan fingerprint density at radius 3 is 2.50 bits per heavy atom. The van der Waals surface area contributed by atoms with Crippen molar-refractivity contribution in [1.82, 2.24) is 0 Å². The molecule has 3 aromatic rings. The third-order valence-electron chi connectivity index (χ3n) is 4.96. The first-order valence-electron chi connectivity index (χ1n) is 9.95. The van der Waals surface area contributed by atoms with Gasteiger partial charge in [0, 0.05) is 18.2 Å². The van der Waals surface area contributed by atoms with Crippen LogP contribution in [0.5, 0.6) is 11.5 Å². The zero-order valence-electron chi connectivity index (χ0n) is 18.1. The number of fused-ring (bicyclic) bond motifs is 1. The van der Waals surface area contributed by atoms with Crippen LogP contribution in [0.3, 0.4) is 0 Å². The van der Waals surface area contributed by atoms with Gasteiger partial charge in [0.15, 0.2) is 0 Å². The summed E-state index contributed by atoms with van der Waals surface area (Å²) in [4.78, 5) is 17.0. The van der Waals surface area contributed by atoms with Gasteiger partial charge in [-0.15, -0.1) is 0 Å². The molecule has 8 heteroatoms. The molecule has 0 aliphatic rings. The van der Waals surface area contributed by atoms with E-state index in [1.807, 2.05) is 42.5 Å². The SMILES string of the molecule is COc1ccc(C(=O)N=CC(CCOS(C)(=O)=O)c2cccc3ccccc23)c(OC)c1. The first kappa shape index (κ1) is 23.4. The number of methoxy groups -OCH3 is 2. The minimum absolute atomic E-state index is 0.0290. The maximum atomic E-state index is 12.8. The Bertz CT molecular complexity index is 1230. The lowest BCUT2D eigenvalue weighted by Crippen LogP contribution is -2.11. The van der Waals surface area contributed by atoms with Crippen LogP contribution >= 0.6 is 0 Å². The summed E-state index contributed by atoms with van der Waals surface area (Å²) in [6.07, 6.45) is 2.88. The van der Waals surface area contributed by atoms with Crippen molar-refractivity contribution in [1.29, 1.82) is 0 Å². The molecule has 1 atom stereocenters. The number of hydrogen-bond acceptors (Lipinski definition) is 6. The van der Waals surface area contributed by atoms with Gasteiger partial charge >= 0.3 is 0 Å². The molecule has 0 N–H and O–H groups in total. The van der Waals surface area contributed by atoms with Gasteiger partial charge in [0.2, 0.25) is 0 Å². The largest absolute Gasteiger partial charge is 0.497 e. The number of carbonyl (C=O) groups is 1. The standard InChI is InChI=1S/C24H25NO6S/c1-29-19-11-12-22(23(15-19)30-2)24(26)25-16-18(13-14-31-32(3,27)28)21-10-6-8-17-7-4-5-9-20(17)21/h4-12,15-16,18H,13-14H2,1-3H3. The van der Waals surface area contributed by atoms with Gasteiger partial charge in [-0.3, -0.25) is 8.98 Å². The van der Waals surface area contributed by atoms with Crippen LogP contribution in [0.25, 0.3) is 10.8 Å². The molecule has 0 aliphatic carbocycles. The average Bonchev–Trinajstić information content (AvgIpc) is 2.79. The molecule has 0 fully saturated rings. The fraction of sp³-hybridized carbons (Fsp3) is 0.250. The van der Waals surface area contributed by atoms with Gasteiger partial charge in [0.05, 0.1) is 32.6 Å². The van der Waals surface area contributed by atoms with E-state index in [4.69, 9.17) is 13.7 Å². The highest BCUT2D eigenvalue weighted by Gasteiger charge is 2.17. The van der Waals surface area contributed by atoms with Crippen molar-refractivity contribution < 1.29 is 26.9 Å². The Kier molecular flexibility index (Phi) is 7.61. The van der Waals surface area contributed by atoms with Crippen LogP contribution in [0.1, 0.15) is 28.3 Å².